The molecule has 2 aliphatic rings. The Hall–Kier alpha value is -2.14. The minimum atomic E-state index is -0.118. The zero-order valence-electron chi connectivity index (χ0n) is 17.0. The minimum Gasteiger partial charge on any atom is -0.319 e. The summed E-state index contributed by atoms with van der Waals surface area (Å²) in [6.45, 7) is 3.98. The highest BCUT2D eigenvalue weighted by Gasteiger charge is 2.30. The van der Waals surface area contributed by atoms with Gasteiger partial charge in [-0.1, -0.05) is 35.2 Å². The van der Waals surface area contributed by atoms with Crippen LogP contribution in [-0.4, -0.2) is 59.7 Å². The molecule has 1 saturated carbocycles. The molecule has 0 bridgehead atoms. The molecule has 30 heavy (non-hydrogen) atoms. The van der Waals surface area contributed by atoms with Gasteiger partial charge >= 0.3 is 6.03 Å². The molecule has 1 saturated heterocycles. The number of nitrogens with zero attached hydrogens (tertiary/aromatic N) is 3. The van der Waals surface area contributed by atoms with Crippen molar-refractivity contribution >= 4 is 45.9 Å². The number of piperazine rings is 1. The van der Waals surface area contributed by atoms with Crippen LogP contribution in [-0.2, 0) is 9.63 Å². The Morgan fingerprint density at radius 2 is 2.03 bits per heavy atom. The van der Waals surface area contributed by atoms with Gasteiger partial charge < -0.3 is 20.4 Å². The molecule has 160 valence electrons. The van der Waals surface area contributed by atoms with Crippen molar-refractivity contribution in [3.8, 4) is 0 Å². The van der Waals surface area contributed by atoms with Crippen molar-refractivity contribution in [2.45, 2.75) is 34.9 Å². The van der Waals surface area contributed by atoms with Crippen LogP contribution < -0.4 is 10.6 Å². The average Bonchev–Trinajstić information content (AvgIpc) is 3.50. The molecule has 2 fully saturated rings. The molecule has 4 rings (SSSR count). The third-order valence-electron chi connectivity index (χ3n) is 5.11. The molecule has 1 aliphatic carbocycles. The van der Waals surface area contributed by atoms with E-state index in [9.17, 15) is 9.59 Å². The highest BCUT2D eigenvalue weighted by Crippen LogP contribution is 2.38. The number of carbonyl (C=O) groups excluding carboxylic acids is 2. The van der Waals surface area contributed by atoms with Crippen molar-refractivity contribution in [1.82, 2.24) is 14.9 Å². The van der Waals surface area contributed by atoms with Gasteiger partial charge in [-0.05, 0) is 31.9 Å². The molecule has 0 radical (unpaired) electrons. The lowest BCUT2D eigenvalue weighted by atomic mass is 10.2. The zero-order chi connectivity index (χ0) is 21.1. The molecular weight excluding hydrogens is 422 g/mol. The van der Waals surface area contributed by atoms with Crippen LogP contribution in [0.4, 0.5) is 15.6 Å². The summed E-state index contributed by atoms with van der Waals surface area (Å²) >= 11 is 2.96. The smallest absolute Gasteiger partial charge is 0.319 e. The Morgan fingerprint density at radius 3 is 2.77 bits per heavy atom. The average molecular weight is 448 g/mol. The predicted octanol–water partition coefficient (Wildman–Crippen LogP) is 3.74. The largest absolute Gasteiger partial charge is 0.322 e. The number of nitrogens with one attached hydrogen (secondary N) is 2. The second-order valence-electron chi connectivity index (χ2n) is 7.39. The number of para-hydroxylation sites is 1. The first-order valence-electron chi connectivity index (χ1n) is 9.93. The van der Waals surface area contributed by atoms with Crippen molar-refractivity contribution in [2.75, 3.05) is 37.4 Å². The fourth-order valence-electron chi connectivity index (χ4n) is 3.26. The summed E-state index contributed by atoms with van der Waals surface area (Å²) in [4.78, 5) is 37.1. The summed E-state index contributed by atoms with van der Waals surface area (Å²) in [7, 11) is 1.65. The summed E-state index contributed by atoms with van der Waals surface area (Å²) < 4.78 is 0.949. The summed E-state index contributed by atoms with van der Waals surface area (Å²) in [6, 6.07) is 7.64. The van der Waals surface area contributed by atoms with Gasteiger partial charge in [-0.15, -0.1) is 0 Å². The van der Waals surface area contributed by atoms with Crippen LogP contribution in [0.3, 0.4) is 0 Å². The Bertz CT molecular complexity index is 917. The van der Waals surface area contributed by atoms with Gasteiger partial charge in [0.2, 0.25) is 5.91 Å². The van der Waals surface area contributed by atoms with E-state index in [4.69, 9.17) is 4.84 Å². The topological polar surface area (TPSA) is 86.8 Å². The minimum absolute atomic E-state index is 0.0521. The zero-order valence-corrected chi connectivity index (χ0v) is 18.6. The lowest BCUT2D eigenvalue weighted by molar-refractivity contribution is -0.156. The van der Waals surface area contributed by atoms with Crippen molar-refractivity contribution in [3.63, 3.8) is 0 Å². The molecule has 10 heteroatoms. The van der Waals surface area contributed by atoms with E-state index in [-0.39, 0.29) is 23.9 Å². The first-order valence-corrected chi connectivity index (χ1v) is 11.6. The Balaban J connectivity index is 1.40. The lowest BCUT2D eigenvalue weighted by Crippen LogP contribution is -2.54. The van der Waals surface area contributed by atoms with Gasteiger partial charge in [-0.3, -0.25) is 4.79 Å². The van der Waals surface area contributed by atoms with Crippen LogP contribution in [0.2, 0.25) is 0 Å². The van der Waals surface area contributed by atoms with Gasteiger partial charge in [0.1, 0.15) is 0 Å². The van der Waals surface area contributed by atoms with E-state index >= 15 is 0 Å². The van der Waals surface area contributed by atoms with Gasteiger partial charge in [-0.2, -0.15) is 5.06 Å². The highest BCUT2D eigenvalue weighted by atomic mass is 32.2. The van der Waals surface area contributed by atoms with E-state index in [1.807, 2.05) is 41.2 Å². The number of hydrogen-bond donors (Lipinski definition) is 2. The number of aromatic nitrogens is 1. The van der Waals surface area contributed by atoms with Gasteiger partial charge in [0.25, 0.3) is 0 Å². The van der Waals surface area contributed by atoms with Crippen molar-refractivity contribution in [1.29, 1.82) is 0 Å². The van der Waals surface area contributed by atoms with Gasteiger partial charge in [0, 0.05) is 36.5 Å². The Morgan fingerprint density at radius 1 is 1.23 bits per heavy atom. The number of carbonyl (C=O) groups is 2. The Kier molecular flexibility index (Phi) is 6.57. The molecule has 0 spiro atoms. The first kappa shape index (κ1) is 21.1. The van der Waals surface area contributed by atoms with E-state index in [0.717, 1.165) is 27.6 Å². The second-order valence-corrected chi connectivity index (χ2v) is 9.76. The standard InChI is InChI=1S/C20H25N5O3S2/c1-13-12-24(28-2)9-10-25(13)20(27)22-15-5-3-4-6-16(15)29-17-11-21-19(30-17)23-18(26)14-7-8-14/h3-6,11,13-14H,7-10,12H2,1-2H3,(H,22,27)(H,21,23,26). The van der Waals surface area contributed by atoms with Gasteiger partial charge in [-0.25, -0.2) is 9.78 Å². The monoisotopic (exact) mass is 447 g/mol. The number of anilines is 2. The number of benzene rings is 1. The third kappa shape index (κ3) is 5.12. The SMILES string of the molecule is CON1CCN(C(=O)Nc2ccccc2Sc2cnc(NC(=O)C3CC3)s2)C(C)C1. The molecule has 1 atom stereocenters. The van der Waals surface area contributed by atoms with Gasteiger partial charge in [0.05, 0.1) is 23.2 Å². The molecular formula is C20H25N5O3S2. The molecule has 2 N–H and O–H groups in total. The molecule has 2 aromatic rings. The molecule has 1 unspecified atom stereocenters. The quantitative estimate of drug-likeness (QED) is 0.702. The second kappa shape index (κ2) is 9.34. The van der Waals surface area contributed by atoms with E-state index in [1.54, 1.807) is 13.3 Å². The summed E-state index contributed by atoms with van der Waals surface area (Å²) in [5.74, 6) is 0.199. The van der Waals surface area contributed by atoms with Crippen molar-refractivity contribution in [3.05, 3.63) is 30.5 Å². The van der Waals surface area contributed by atoms with Crippen molar-refractivity contribution in [2.24, 2.45) is 5.92 Å². The molecule has 8 nitrogen and oxygen atoms in total. The van der Waals surface area contributed by atoms with E-state index in [2.05, 4.69) is 15.6 Å². The summed E-state index contributed by atoms with van der Waals surface area (Å²) in [5, 5.41) is 8.40. The fraction of sp³-hybridized carbons (Fsp3) is 0.450. The number of urea groups is 1. The fourth-order valence-corrected chi connectivity index (χ4v) is 5.19. The summed E-state index contributed by atoms with van der Waals surface area (Å²) in [5.41, 5.74) is 0.755. The van der Waals surface area contributed by atoms with E-state index < -0.39 is 0 Å². The Labute approximate surface area is 183 Å². The first-order chi connectivity index (χ1) is 14.5. The molecule has 1 aromatic heterocycles. The van der Waals surface area contributed by atoms with Crippen LogP contribution in [0.25, 0.3) is 0 Å². The molecule has 1 aliphatic heterocycles. The normalized spacial score (nSPS) is 19.5. The third-order valence-corrected chi connectivity index (χ3v) is 7.20. The predicted molar refractivity (Wildman–Crippen MR) is 118 cm³/mol. The van der Waals surface area contributed by atoms with Gasteiger partial charge in [0.15, 0.2) is 5.13 Å². The maximum Gasteiger partial charge on any atom is 0.322 e. The van der Waals surface area contributed by atoms with Crippen LogP contribution in [0, 0.1) is 5.92 Å². The van der Waals surface area contributed by atoms with Crippen LogP contribution in [0.5, 0.6) is 0 Å². The molecule has 2 heterocycles. The number of hydrogen-bond acceptors (Lipinski definition) is 7. The molecule has 1 aromatic carbocycles. The van der Waals surface area contributed by atoms with Crippen LogP contribution in [0.1, 0.15) is 19.8 Å². The van der Waals surface area contributed by atoms with Crippen LogP contribution in [0.15, 0.2) is 39.6 Å². The highest BCUT2D eigenvalue weighted by molar-refractivity contribution is 8.01. The van der Waals surface area contributed by atoms with E-state index in [1.165, 1.54) is 23.1 Å². The van der Waals surface area contributed by atoms with Crippen molar-refractivity contribution < 1.29 is 14.4 Å². The summed E-state index contributed by atoms with van der Waals surface area (Å²) in [6.07, 6.45) is 3.68. The van der Waals surface area contributed by atoms with E-state index in [0.29, 0.717) is 24.8 Å². The maximum absolute atomic E-state index is 12.9. The number of hydroxylamine groups is 2. The van der Waals surface area contributed by atoms with Crippen LogP contribution >= 0.6 is 23.1 Å². The lowest BCUT2D eigenvalue weighted by Gasteiger charge is -2.38. The number of thiazole rings is 1. The molecule has 3 amide bonds. The number of amides is 3. The number of rotatable bonds is 6. The maximum atomic E-state index is 12.9.